The Kier molecular flexibility index (Phi) is 3.23. The van der Waals surface area contributed by atoms with Crippen LogP contribution in [0.15, 0.2) is 24.3 Å². The van der Waals surface area contributed by atoms with Gasteiger partial charge in [0.2, 0.25) is 0 Å². The predicted molar refractivity (Wildman–Crippen MR) is 73.7 cm³/mol. The zero-order chi connectivity index (χ0) is 12.5. The fourth-order valence-corrected chi connectivity index (χ4v) is 3.62. The lowest BCUT2D eigenvalue weighted by atomic mass is 9.99. The van der Waals surface area contributed by atoms with E-state index in [-0.39, 0.29) is 0 Å². The fraction of sp³-hybridized carbons (Fsp3) is 0.588. The molecule has 96 valence electrons. The first kappa shape index (κ1) is 12.0. The number of ketones is 1. The normalized spacial score (nSPS) is 29.1. The lowest BCUT2D eigenvalue weighted by Gasteiger charge is -2.05. The number of carbonyl (C=O) groups excluding carboxylic acids is 1. The van der Waals surface area contributed by atoms with E-state index < -0.39 is 0 Å². The standard InChI is InChI=1S/C17H22O/c1-2-3-5-12-8-10-13(11-9-12)17(18)16-14-6-4-7-15(14)16/h8-11,14-16H,2-7H2,1H3. The Labute approximate surface area is 110 Å². The number of carbonyl (C=O) groups is 1. The Hall–Kier alpha value is -1.11. The lowest BCUT2D eigenvalue weighted by Crippen LogP contribution is -2.06. The molecular weight excluding hydrogens is 220 g/mol. The first-order chi connectivity index (χ1) is 8.81. The Balaban J connectivity index is 1.64. The van der Waals surface area contributed by atoms with E-state index in [1.165, 1.54) is 37.7 Å². The van der Waals surface area contributed by atoms with Gasteiger partial charge < -0.3 is 0 Å². The van der Waals surface area contributed by atoms with Crippen molar-refractivity contribution in [1.29, 1.82) is 0 Å². The number of rotatable bonds is 5. The van der Waals surface area contributed by atoms with Crippen molar-refractivity contribution in [2.75, 3.05) is 0 Å². The highest BCUT2D eigenvalue weighted by molar-refractivity contribution is 6.00. The maximum atomic E-state index is 12.3. The van der Waals surface area contributed by atoms with Gasteiger partial charge in [-0.15, -0.1) is 0 Å². The largest absolute Gasteiger partial charge is 0.294 e. The quantitative estimate of drug-likeness (QED) is 0.705. The summed E-state index contributed by atoms with van der Waals surface area (Å²) < 4.78 is 0. The van der Waals surface area contributed by atoms with Gasteiger partial charge in [0.25, 0.3) is 0 Å². The van der Waals surface area contributed by atoms with Crippen molar-refractivity contribution >= 4 is 5.78 Å². The second-order valence-electron chi connectivity index (χ2n) is 5.95. The fourth-order valence-electron chi connectivity index (χ4n) is 3.62. The minimum Gasteiger partial charge on any atom is -0.294 e. The van der Waals surface area contributed by atoms with Gasteiger partial charge in [0.1, 0.15) is 0 Å². The third-order valence-electron chi connectivity index (χ3n) is 4.77. The highest BCUT2D eigenvalue weighted by Gasteiger charge is 2.56. The molecule has 0 heterocycles. The number of hydrogen-bond acceptors (Lipinski definition) is 1. The highest BCUT2D eigenvalue weighted by Crippen LogP contribution is 2.58. The van der Waals surface area contributed by atoms with Crippen molar-refractivity contribution in [3.8, 4) is 0 Å². The number of unbranched alkanes of at least 4 members (excludes halogenated alkanes) is 1. The topological polar surface area (TPSA) is 17.1 Å². The zero-order valence-electron chi connectivity index (χ0n) is 11.2. The first-order valence-corrected chi connectivity index (χ1v) is 7.44. The first-order valence-electron chi connectivity index (χ1n) is 7.44. The van der Waals surface area contributed by atoms with Crippen LogP contribution in [0.4, 0.5) is 0 Å². The van der Waals surface area contributed by atoms with Crippen LogP contribution in [0.1, 0.15) is 54.9 Å². The summed E-state index contributed by atoms with van der Waals surface area (Å²) in [5, 5.41) is 0. The summed E-state index contributed by atoms with van der Waals surface area (Å²) in [5.74, 6) is 2.25. The molecular formula is C17H22O. The van der Waals surface area contributed by atoms with E-state index in [0.717, 1.165) is 23.8 Å². The molecule has 0 N–H and O–H groups in total. The Morgan fingerprint density at radius 3 is 2.44 bits per heavy atom. The maximum Gasteiger partial charge on any atom is 0.166 e. The molecule has 0 radical (unpaired) electrons. The van der Waals surface area contributed by atoms with Gasteiger partial charge in [0.05, 0.1) is 0 Å². The number of benzene rings is 1. The molecule has 2 fully saturated rings. The van der Waals surface area contributed by atoms with Crippen LogP contribution in [0.5, 0.6) is 0 Å². The summed E-state index contributed by atoms with van der Waals surface area (Å²) in [6.45, 7) is 2.21. The van der Waals surface area contributed by atoms with Crippen LogP contribution < -0.4 is 0 Å². The monoisotopic (exact) mass is 242 g/mol. The third-order valence-corrected chi connectivity index (χ3v) is 4.77. The van der Waals surface area contributed by atoms with Crippen molar-refractivity contribution in [2.24, 2.45) is 17.8 Å². The Bertz CT molecular complexity index is 421. The third kappa shape index (κ3) is 2.11. The van der Waals surface area contributed by atoms with Gasteiger partial charge in [-0.2, -0.15) is 0 Å². The lowest BCUT2D eigenvalue weighted by molar-refractivity contribution is 0.0951. The van der Waals surface area contributed by atoms with Crippen molar-refractivity contribution in [3.63, 3.8) is 0 Å². The van der Waals surface area contributed by atoms with Crippen LogP contribution in [0.25, 0.3) is 0 Å². The Morgan fingerprint density at radius 1 is 1.17 bits per heavy atom. The Morgan fingerprint density at radius 2 is 1.83 bits per heavy atom. The van der Waals surface area contributed by atoms with Crippen LogP contribution in [0.3, 0.4) is 0 Å². The van der Waals surface area contributed by atoms with E-state index in [1.54, 1.807) is 0 Å². The molecule has 0 bridgehead atoms. The second kappa shape index (κ2) is 4.87. The number of Topliss-reactive ketones (excluding diaryl/α,β-unsaturated/α-hetero) is 1. The van der Waals surface area contributed by atoms with Gasteiger partial charge in [-0.25, -0.2) is 0 Å². The summed E-state index contributed by atoms with van der Waals surface area (Å²) in [6.07, 6.45) is 7.52. The van der Waals surface area contributed by atoms with E-state index in [2.05, 4.69) is 19.1 Å². The average Bonchev–Trinajstić information content (AvgIpc) is 2.88. The molecule has 2 atom stereocenters. The molecule has 1 nitrogen and oxygen atoms in total. The molecule has 3 rings (SSSR count). The van der Waals surface area contributed by atoms with Gasteiger partial charge in [0, 0.05) is 11.5 Å². The molecule has 0 amide bonds. The minimum atomic E-state index is 0.375. The van der Waals surface area contributed by atoms with Crippen molar-refractivity contribution < 1.29 is 4.79 Å². The van der Waals surface area contributed by atoms with E-state index in [9.17, 15) is 4.79 Å². The SMILES string of the molecule is CCCCc1ccc(C(=O)C2C3CCCC32)cc1. The van der Waals surface area contributed by atoms with E-state index in [1.807, 2.05) is 12.1 Å². The minimum absolute atomic E-state index is 0.375. The van der Waals surface area contributed by atoms with Gasteiger partial charge >= 0.3 is 0 Å². The van der Waals surface area contributed by atoms with Crippen LogP contribution in [0.2, 0.25) is 0 Å². The summed E-state index contributed by atoms with van der Waals surface area (Å²) >= 11 is 0. The number of aryl methyl sites for hydroxylation is 1. The molecule has 0 saturated heterocycles. The summed E-state index contributed by atoms with van der Waals surface area (Å²) in [6, 6.07) is 8.37. The predicted octanol–water partition coefficient (Wildman–Crippen LogP) is 4.26. The zero-order valence-corrected chi connectivity index (χ0v) is 11.2. The number of fused-ring (bicyclic) bond motifs is 1. The van der Waals surface area contributed by atoms with Gasteiger partial charge in [-0.05, 0) is 43.1 Å². The van der Waals surface area contributed by atoms with Gasteiger partial charge in [-0.3, -0.25) is 4.79 Å². The molecule has 0 aromatic heterocycles. The summed E-state index contributed by atoms with van der Waals surface area (Å²) in [4.78, 5) is 12.3. The number of hydrogen-bond donors (Lipinski definition) is 0. The molecule has 1 heteroatoms. The summed E-state index contributed by atoms with van der Waals surface area (Å²) in [5.41, 5.74) is 2.30. The molecule has 2 aliphatic carbocycles. The maximum absolute atomic E-state index is 12.3. The molecule has 18 heavy (non-hydrogen) atoms. The van der Waals surface area contributed by atoms with E-state index in [4.69, 9.17) is 0 Å². The average molecular weight is 242 g/mol. The molecule has 1 aromatic carbocycles. The molecule has 0 spiro atoms. The van der Waals surface area contributed by atoms with Crippen LogP contribution in [-0.2, 0) is 6.42 Å². The van der Waals surface area contributed by atoms with Gasteiger partial charge in [0.15, 0.2) is 5.78 Å². The van der Waals surface area contributed by atoms with Crippen LogP contribution in [0, 0.1) is 17.8 Å². The molecule has 0 aliphatic heterocycles. The van der Waals surface area contributed by atoms with Crippen LogP contribution >= 0.6 is 0 Å². The molecule has 2 aliphatic rings. The van der Waals surface area contributed by atoms with Crippen molar-refractivity contribution in [1.82, 2.24) is 0 Å². The van der Waals surface area contributed by atoms with E-state index in [0.29, 0.717) is 11.7 Å². The van der Waals surface area contributed by atoms with Crippen molar-refractivity contribution in [2.45, 2.75) is 45.4 Å². The van der Waals surface area contributed by atoms with Gasteiger partial charge in [-0.1, -0.05) is 44.0 Å². The van der Waals surface area contributed by atoms with E-state index >= 15 is 0 Å². The van der Waals surface area contributed by atoms with Crippen LogP contribution in [-0.4, -0.2) is 5.78 Å². The second-order valence-corrected chi connectivity index (χ2v) is 5.95. The molecule has 2 unspecified atom stereocenters. The van der Waals surface area contributed by atoms with Crippen molar-refractivity contribution in [3.05, 3.63) is 35.4 Å². The molecule has 2 saturated carbocycles. The summed E-state index contributed by atoms with van der Waals surface area (Å²) in [7, 11) is 0. The smallest absolute Gasteiger partial charge is 0.166 e. The highest BCUT2D eigenvalue weighted by atomic mass is 16.1. The molecule has 1 aromatic rings.